The van der Waals surface area contributed by atoms with Crippen molar-refractivity contribution in [3.05, 3.63) is 0 Å². The molecule has 0 radical (unpaired) electrons. The zero-order chi connectivity index (χ0) is 14.0. The molecule has 0 atom stereocenters. The molecule has 1 aliphatic heterocycles. The number of aliphatic carboxylic acids is 1. The summed E-state index contributed by atoms with van der Waals surface area (Å²) in [5.74, 6) is -1.06. The van der Waals surface area contributed by atoms with Gasteiger partial charge in [0.1, 0.15) is 0 Å². The van der Waals surface area contributed by atoms with E-state index in [9.17, 15) is 15.1 Å². The highest BCUT2D eigenvalue weighted by Crippen LogP contribution is 2.46. The van der Waals surface area contributed by atoms with Gasteiger partial charge in [0, 0.05) is 11.1 Å². The van der Waals surface area contributed by atoms with Gasteiger partial charge < -0.3 is 10.3 Å². The van der Waals surface area contributed by atoms with E-state index in [1.165, 1.54) is 5.06 Å². The van der Waals surface area contributed by atoms with E-state index >= 15 is 0 Å². The largest absolute Gasteiger partial charge is 0.481 e. The molecule has 0 unspecified atom stereocenters. The van der Waals surface area contributed by atoms with Crippen LogP contribution in [-0.4, -0.2) is 32.4 Å². The number of rotatable bonds is 5. The van der Waals surface area contributed by atoms with Crippen LogP contribution in [0.15, 0.2) is 0 Å². The minimum atomic E-state index is -0.722. The Morgan fingerprint density at radius 3 is 1.61 bits per heavy atom. The van der Waals surface area contributed by atoms with Gasteiger partial charge in [0.2, 0.25) is 0 Å². The van der Waals surface area contributed by atoms with E-state index in [1.54, 1.807) is 0 Å². The quantitative estimate of drug-likeness (QED) is 0.793. The van der Waals surface area contributed by atoms with Crippen molar-refractivity contribution in [1.82, 2.24) is 5.06 Å². The van der Waals surface area contributed by atoms with Gasteiger partial charge >= 0.3 is 5.97 Å². The van der Waals surface area contributed by atoms with Crippen LogP contribution in [0.5, 0.6) is 0 Å². The normalized spacial score (nSPS) is 24.1. The van der Waals surface area contributed by atoms with E-state index in [2.05, 4.69) is 0 Å². The number of carboxylic acid groups (broad SMARTS) is 1. The molecule has 0 amide bonds. The molecule has 2 N–H and O–H groups in total. The molecule has 4 heteroatoms. The first-order chi connectivity index (χ1) is 8.41. The molecule has 106 valence electrons. The molecule has 18 heavy (non-hydrogen) atoms. The van der Waals surface area contributed by atoms with Gasteiger partial charge in [0.05, 0.1) is 5.92 Å². The Balaban J connectivity index is 3.18. The van der Waals surface area contributed by atoms with Crippen molar-refractivity contribution in [3.8, 4) is 0 Å². The molecule has 0 aromatic carbocycles. The molecule has 0 spiro atoms. The van der Waals surface area contributed by atoms with Crippen molar-refractivity contribution in [2.24, 2.45) is 5.92 Å². The summed E-state index contributed by atoms with van der Waals surface area (Å²) in [4.78, 5) is 11.4. The SMILES string of the molecule is CCC1(CC)CC(C(=O)O)CC(CC)(CC)N1O. The summed E-state index contributed by atoms with van der Waals surface area (Å²) in [5, 5.41) is 21.6. The smallest absolute Gasteiger partial charge is 0.306 e. The van der Waals surface area contributed by atoms with E-state index in [-0.39, 0.29) is 17.0 Å². The Hall–Kier alpha value is -0.610. The number of hydroxylamine groups is 2. The van der Waals surface area contributed by atoms with Crippen molar-refractivity contribution < 1.29 is 15.1 Å². The average molecular weight is 257 g/mol. The molecule has 1 fully saturated rings. The standard InChI is InChI=1S/C14H27NO3/c1-5-13(6-2)9-11(12(16)17)10-14(7-3,8-4)15(13)18/h11,18H,5-10H2,1-4H3,(H,16,17). The third kappa shape index (κ3) is 2.28. The first kappa shape index (κ1) is 15.4. The van der Waals surface area contributed by atoms with Crippen molar-refractivity contribution in [3.63, 3.8) is 0 Å². The minimum Gasteiger partial charge on any atom is -0.481 e. The highest BCUT2D eigenvalue weighted by Gasteiger charge is 2.52. The van der Waals surface area contributed by atoms with Crippen molar-refractivity contribution in [2.45, 2.75) is 77.3 Å². The van der Waals surface area contributed by atoms with E-state index in [0.29, 0.717) is 12.8 Å². The minimum absolute atomic E-state index is 0.340. The summed E-state index contributed by atoms with van der Waals surface area (Å²) in [6.45, 7) is 8.14. The third-order valence-corrected chi connectivity index (χ3v) is 5.13. The van der Waals surface area contributed by atoms with Gasteiger partial charge in [0.25, 0.3) is 0 Å². The van der Waals surface area contributed by atoms with Gasteiger partial charge in [0.15, 0.2) is 0 Å². The van der Waals surface area contributed by atoms with Gasteiger partial charge in [-0.2, -0.15) is 5.06 Å². The van der Waals surface area contributed by atoms with Crippen LogP contribution in [0.25, 0.3) is 0 Å². The molecule has 0 aliphatic carbocycles. The Bertz CT molecular complexity index is 273. The highest BCUT2D eigenvalue weighted by molar-refractivity contribution is 5.70. The second-order valence-corrected chi connectivity index (χ2v) is 5.62. The lowest BCUT2D eigenvalue weighted by Crippen LogP contribution is -2.64. The van der Waals surface area contributed by atoms with E-state index in [4.69, 9.17) is 0 Å². The number of carbonyl (C=O) groups is 1. The monoisotopic (exact) mass is 257 g/mol. The van der Waals surface area contributed by atoms with E-state index in [0.717, 1.165) is 25.7 Å². The number of hydrogen-bond acceptors (Lipinski definition) is 3. The molecule has 0 aromatic heterocycles. The Kier molecular flexibility index (Phi) is 4.78. The molecule has 0 bridgehead atoms. The molecule has 1 heterocycles. The van der Waals surface area contributed by atoms with Crippen LogP contribution in [0.1, 0.15) is 66.2 Å². The van der Waals surface area contributed by atoms with Crippen molar-refractivity contribution >= 4 is 5.97 Å². The maximum atomic E-state index is 11.4. The van der Waals surface area contributed by atoms with Gasteiger partial charge in [-0.15, -0.1) is 0 Å². The Labute approximate surface area is 110 Å². The van der Waals surface area contributed by atoms with E-state index in [1.807, 2.05) is 27.7 Å². The first-order valence-electron chi connectivity index (χ1n) is 7.13. The van der Waals surface area contributed by atoms with Crippen LogP contribution in [-0.2, 0) is 4.79 Å². The van der Waals surface area contributed by atoms with Crippen LogP contribution < -0.4 is 0 Å². The fourth-order valence-electron chi connectivity index (χ4n) is 3.52. The maximum Gasteiger partial charge on any atom is 0.306 e. The predicted octanol–water partition coefficient (Wildman–Crippen LogP) is 3.29. The molecular weight excluding hydrogens is 230 g/mol. The van der Waals surface area contributed by atoms with E-state index < -0.39 is 5.97 Å². The van der Waals surface area contributed by atoms with Crippen LogP contribution in [0.4, 0.5) is 0 Å². The highest BCUT2D eigenvalue weighted by atomic mass is 16.5. The van der Waals surface area contributed by atoms with Crippen molar-refractivity contribution in [1.29, 1.82) is 0 Å². The molecule has 1 saturated heterocycles. The fraction of sp³-hybridized carbons (Fsp3) is 0.929. The lowest BCUT2D eigenvalue weighted by Gasteiger charge is -2.55. The third-order valence-electron chi connectivity index (χ3n) is 5.13. The molecule has 1 aliphatic rings. The zero-order valence-electron chi connectivity index (χ0n) is 12.1. The summed E-state index contributed by atoms with van der Waals surface area (Å²) in [6, 6.07) is 0. The van der Waals surface area contributed by atoms with Gasteiger partial charge in [-0.05, 0) is 38.5 Å². The second kappa shape index (κ2) is 5.57. The van der Waals surface area contributed by atoms with Gasteiger partial charge in [-0.25, -0.2) is 0 Å². The van der Waals surface area contributed by atoms with Crippen LogP contribution >= 0.6 is 0 Å². The molecule has 4 nitrogen and oxygen atoms in total. The van der Waals surface area contributed by atoms with Crippen LogP contribution in [0, 0.1) is 5.92 Å². The lowest BCUT2D eigenvalue weighted by atomic mass is 9.68. The van der Waals surface area contributed by atoms with Crippen LogP contribution in [0.3, 0.4) is 0 Å². The molecule has 1 rings (SSSR count). The Morgan fingerprint density at radius 2 is 1.39 bits per heavy atom. The number of hydrogen-bond donors (Lipinski definition) is 2. The molecule has 0 saturated carbocycles. The summed E-state index contributed by atoms with van der Waals surface area (Å²) in [5.41, 5.74) is -0.763. The molecule has 0 aromatic rings. The number of carboxylic acids is 1. The Morgan fingerprint density at radius 1 is 1.06 bits per heavy atom. The van der Waals surface area contributed by atoms with Crippen LogP contribution in [0.2, 0.25) is 0 Å². The average Bonchev–Trinajstić information content (AvgIpc) is 2.39. The zero-order valence-corrected chi connectivity index (χ0v) is 12.1. The van der Waals surface area contributed by atoms with Gasteiger partial charge in [-0.1, -0.05) is 27.7 Å². The summed E-state index contributed by atoms with van der Waals surface area (Å²) in [7, 11) is 0. The molecular formula is C14H27NO3. The van der Waals surface area contributed by atoms with Crippen molar-refractivity contribution in [2.75, 3.05) is 0 Å². The second-order valence-electron chi connectivity index (χ2n) is 5.62. The first-order valence-corrected chi connectivity index (χ1v) is 7.13. The summed E-state index contributed by atoms with van der Waals surface area (Å²) < 4.78 is 0. The number of piperidine rings is 1. The predicted molar refractivity (Wildman–Crippen MR) is 70.6 cm³/mol. The summed E-state index contributed by atoms with van der Waals surface area (Å²) in [6.07, 6.45) is 4.23. The number of nitrogens with zero attached hydrogens (tertiary/aromatic N) is 1. The maximum absolute atomic E-state index is 11.4. The fourth-order valence-corrected chi connectivity index (χ4v) is 3.52. The summed E-state index contributed by atoms with van der Waals surface area (Å²) >= 11 is 0. The topological polar surface area (TPSA) is 60.8 Å². The lowest BCUT2D eigenvalue weighted by molar-refractivity contribution is -0.275. The van der Waals surface area contributed by atoms with Gasteiger partial charge in [-0.3, -0.25) is 4.79 Å².